The standard InChI is InChI=1S/C21H25N5O3S/c1-14-4-6-16(7-5-14)15(2)20(27)25-10-8-17(9-11-25)19-18(30(3,28)29)12-22-21-23-13-24-26(19)21/h4-7,12-13,15,17H,8-11H2,1-3H3/t15-/m1/s1. The normalized spacial score (nSPS) is 16.7. The topological polar surface area (TPSA) is 97.5 Å². The molecule has 1 aliphatic heterocycles. The molecule has 1 aliphatic rings. The molecule has 1 atom stereocenters. The number of benzene rings is 1. The predicted octanol–water partition coefficient (Wildman–Crippen LogP) is 2.35. The molecule has 0 spiro atoms. The fourth-order valence-corrected chi connectivity index (χ4v) is 4.96. The minimum absolute atomic E-state index is 0.0411. The number of hydrogen-bond donors (Lipinski definition) is 0. The van der Waals surface area contributed by atoms with Gasteiger partial charge in [0.15, 0.2) is 9.84 Å². The Balaban J connectivity index is 1.54. The molecule has 1 amide bonds. The fraction of sp³-hybridized carbons (Fsp3) is 0.429. The lowest BCUT2D eigenvalue weighted by molar-refractivity contribution is -0.133. The number of nitrogens with zero attached hydrogens (tertiary/aromatic N) is 5. The summed E-state index contributed by atoms with van der Waals surface area (Å²) < 4.78 is 26.2. The van der Waals surface area contributed by atoms with Gasteiger partial charge in [-0.25, -0.2) is 13.4 Å². The maximum Gasteiger partial charge on any atom is 0.252 e. The summed E-state index contributed by atoms with van der Waals surface area (Å²) in [5, 5.41) is 4.20. The number of aryl methyl sites for hydroxylation is 1. The summed E-state index contributed by atoms with van der Waals surface area (Å²) in [6.07, 6.45) is 5.24. The molecule has 2 aromatic heterocycles. The SMILES string of the molecule is Cc1ccc([C@@H](C)C(=O)N2CCC(c3c(S(C)(=O)=O)cnc4ncnn34)CC2)cc1. The molecule has 3 aromatic rings. The van der Waals surface area contributed by atoms with Crippen LogP contribution >= 0.6 is 0 Å². The highest BCUT2D eigenvalue weighted by Gasteiger charge is 2.31. The van der Waals surface area contributed by atoms with E-state index in [1.54, 1.807) is 0 Å². The summed E-state index contributed by atoms with van der Waals surface area (Å²) in [5.74, 6) is 0.225. The van der Waals surface area contributed by atoms with Crippen molar-refractivity contribution < 1.29 is 13.2 Å². The van der Waals surface area contributed by atoms with Crippen molar-refractivity contribution >= 4 is 21.5 Å². The van der Waals surface area contributed by atoms with E-state index in [1.807, 2.05) is 43.0 Å². The summed E-state index contributed by atoms with van der Waals surface area (Å²) in [5.41, 5.74) is 2.78. The van der Waals surface area contributed by atoms with Crippen LogP contribution in [0.4, 0.5) is 0 Å². The lowest BCUT2D eigenvalue weighted by Gasteiger charge is -2.34. The van der Waals surface area contributed by atoms with Gasteiger partial charge in [0.2, 0.25) is 5.91 Å². The molecular weight excluding hydrogens is 402 g/mol. The Morgan fingerprint density at radius 2 is 1.80 bits per heavy atom. The van der Waals surface area contributed by atoms with Crippen LogP contribution in [-0.4, -0.2) is 58.2 Å². The molecule has 4 rings (SSSR count). The fourth-order valence-electron chi connectivity index (χ4n) is 4.08. The zero-order valence-electron chi connectivity index (χ0n) is 17.3. The number of amides is 1. The average molecular weight is 428 g/mol. The molecule has 9 heteroatoms. The van der Waals surface area contributed by atoms with Gasteiger partial charge in [0.1, 0.15) is 11.2 Å². The number of rotatable bonds is 4. The Labute approximate surface area is 175 Å². The summed E-state index contributed by atoms with van der Waals surface area (Å²) in [7, 11) is -3.47. The largest absolute Gasteiger partial charge is 0.342 e. The summed E-state index contributed by atoms with van der Waals surface area (Å²) >= 11 is 0. The van der Waals surface area contributed by atoms with E-state index >= 15 is 0 Å². The molecule has 0 saturated carbocycles. The molecular formula is C21H25N5O3S. The Kier molecular flexibility index (Phi) is 5.31. The monoisotopic (exact) mass is 427 g/mol. The molecule has 1 aromatic carbocycles. The molecule has 3 heterocycles. The quantitative estimate of drug-likeness (QED) is 0.634. The first-order chi connectivity index (χ1) is 14.3. The van der Waals surface area contributed by atoms with Crippen LogP contribution in [0.15, 0.2) is 41.7 Å². The van der Waals surface area contributed by atoms with Crippen molar-refractivity contribution in [1.29, 1.82) is 0 Å². The average Bonchev–Trinajstić information content (AvgIpc) is 3.21. The summed E-state index contributed by atoms with van der Waals surface area (Å²) in [4.78, 5) is 23.3. The van der Waals surface area contributed by atoms with Gasteiger partial charge in [-0.15, -0.1) is 0 Å². The minimum Gasteiger partial charge on any atom is -0.342 e. The summed E-state index contributed by atoms with van der Waals surface area (Å²) in [6.45, 7) is 5.10. The molecule has 0 aliphatic carbocycles. The molecule has 0 N–H and O–H groups in total. The van der Waals surface area contributed by atoms with Gasteiger partial charge in [-0.3, -0.25) is 4.79 Å². The second kappa shape index (κ2) is 7.79. The lowest BCUT2D eigenvalue weighted by atomic mass is 9.91. The lowest BCUT2D eigenvalue weighted by Crippen LogP contribution is -2.40. The first-order valence-electron chi connectivity index (χ1n) is 9.99. The van der Waals surface area contributed by atoms with Gasteiger partial charge in [0.25, 0.3) is 5.78 Å². The van der Waals surface area contributed by atoms with E-state index in [4.69, 9.17) is 0 Å². The van der Waals surface area contributed by atoms with Gasteiger partial charge < -0.3 is 4.90 Å². The summed E-state index contributed by atoms with van der Waals surface area (Å²) in [6, 6.07) is 8.04. The van der Waals surface area contributed by atoms with Crippen LogP contribution in [0, 0.1) is 6.92 Å². The molecule has 8 nitrogen and oxygen atoms in total. The van der Waals surface area contributed by atoms with Crippen molar-refractivity contribution in [3.05, 3.63) is 53.6 Å². The smallest absolute Gasteiger partial charge is 0.252 e. The van der Waals surface area contributed by atoms with Gasteiger partial charge in [-0.05, 0) is 32.3 Å². The number of likely N-dealkylation sites (tertiary alicyclic amines) is 1. The van der Waals surface area contributed by atoms with Gasteiger partial charge >= 0.3 is 0 Å². The van der Waals surface area contributed by atoms with Gasteiger partial charge in [0, 0.05) is 25.3 Å². The van der Waals surface area contributed by atoms with Crippen LogP contribution in [-0.2, 0) is 14.6 Å². The number of sulfone groups is 1. The van der Waals surface area contributed by atoms with E-state index in [0.717, 1.165) is 11.1 Å². The van der Waals surface area contributed by atoms with Gasteiger partial charge in [-0.1, -0.05) is 29.8 Å². The molecule has 0 unspecified atom stereocenters. The van der Waals surface area contributed by atoms with Gasteiger partial charge in [0.05, 0.1) is 17.8 Å². The molecule has 0 radical (unpaired) electrons. The molecule has 1 fully saturated rings. The first-order valence-corrected chi connectivity index (χ1v) is 11.9. The van der Waals surface area contributed by atoms with Crippen LogP contribution in [0.25, 0.3) is 5.78 Å². The van der Waals surface area contributed by atoms with Crippen LogP contribution in [0.3, 0.4) is 0 Å². The Morgan fingerprint density at radius 1 is 1.13 bits per heavy atom. The van der Waals surface area contributed by atoms with E-state index in [9.17, 15) is 13.2 Å². The highest BCUT2D eigenvalue weighted by Crippen LogP contribution is 2.33. The Morgan fingerprint density at radius 3 is 2.43 bits per heavy atom. The van der Waals surface area contributed by atoms with E-state index in [-0.39, 0.29) is 22.6 Å². The second-order valence-corrected chi connectivity index (χ2v) is 9.97. The number of piperidine rings is 1. The van der Waals surface area contributed by atoms with Crippen LogP contribution in [0.2, 0.25) is 0 Å². The van der Waals surface area contributed by atoms with Crippen LogP contribution < -0.4 is 0 Å². The highest BCUT2D eigenvalue weighted by molar-refractivity contribution is 7.90. The molecule has 1 saturated heterocycles. The van der Waals surface area contributed by atoms with E-state index < -0.39 is 9.84 Å². The third-order valence-corrected chi connectivity index (χ3v) is 6.96. The molecule has 158 valence electrons. The number of hydrogen-bond acceptors (Lipinski definition) is 6. The zero-order chi connectivity index (χ0) is 21.5. The van der Waals surface area contributed by atoms with Crippen molar-refractivity contribution in [2.75, 3.05) is 19.3 Å². The predicted molar refractivity (Wildman–Crippen MR) is 112 cm³/mol. The molecule has 0 bridgehead atoms. The third-order valence-electron chi connectivity index (χ3n) is 5.85. The van der Waals surface area contributed by atoms with E-state index in [0.29, 0.717) is 37.4 Å². The first kappa shape index (κ1) is 20.5. The number of carbonyl (C=O) groups is 1. The van der Waals surface area contributed by atoms with Crippen molar-refractivity contribution in [3.8, 4) is 0 Å². The highest BCUT2D eigenvalue weighted by atomic mass is 32.2. The Bertz CT molecular complexity index is 1180. The van der Waals surface area contributed by atoms with E-state index in [2.05, 4.69) is 15.1 Å². The maximum absolute atomic E-state index is 13.0. The van der Waals surface area contributed by atoms with Gasteiger partial charge in [-0.2, -0.15) is 14.6 Å². The van der Waals surface area contributed by atoms with Crippen LogP contribution in [0.1, 0.15) is 48.4 Å². The van der Waals surface area contributed by atoms with Crippen molar-refractivity contribution in [3.63, 3.8) is 0 Å². The molecule has 30 heavy (non-hydrogen) atoms. The van der Waals surface area contributed by atoms with Crippen molar-refractivity contribution in [1.82, 2.24) is 24.5 Å². The second-order valence-electron chi connectivity index (χ2n) is 7.98. The zero-order valence-corrected chi connectivity index (χ0v) is 18.1. The Hall–Kier alpha value is -2.81. The van der Waals surface area contributed by atoms with Crippen molar-refractivity contribution in [2.24, 2.45) is 0 Å². The number of aromatic nitrogens is 4. The van der Waals surface area contributed by atoms with E-state index in [1.165, 1.54) is 23.3 Å². The number of carbonyl (C=O) groups excluding carboxylic acids is 1. The third kappa shape index (κ3) is 3.81. The minimum atomic E-state index is -3.47. The van der Waals surface area contributed by atoms with Crippen molar-refractivity contribution in [2.45, 2.75) is 43.4 Å². The number of fused-ring (bicyclic) bond motifs is 1. The van der Waals surface area contributed by atoms with Crippen LogP contribution in [0.5, 0.6) is 0 Å². The maximum atomic E-state index is 13.0.